The number of aromatic carboxylic acids is 1. The average molecular weight is 492 g/mol. The van der Waals surface area contributed by atoms with E-state index in [4.69, 9.17) is 16.3 Å². The van der Waals surface area contributed by atoms with E-state index in [-0.39, 0.29) is 53.6 Å². The van der Waals surface area contributed by atoms with E-state index in [1.807, 2.05) is 0 Å². The summed E-state index contributed by atoms with van der Waals surface area (Å²) in [5, 5.41) is 32.1. The summed E-state index contributed by atoms with van der Waals surface area (Å²) < 4.78 is 33.5. The summed E-state index contributed by atoms with van der Waals surface area (Å²) in [6.45, 7) is 0.837. The van der Waals surface area contributed by atoms with Crippen molar-refractivity contribution in [1.29, 1.82) is 0 Å². The highest BCUT2D eigenvalue weighted by Crippen LogP contribution is 2.35. The number of benzene rings is 2. The van der Waals surface area contributed by atoms with Crippen LogP contribution >= 0.6 is 11.6 Å². The summed E-state index contributed by atoms with van der Waals surface area (Å²) >= 11 is 6.16. The second kappa shape index (κ2) is 9.25. The van der Waals surface area contributed by atoms with E-state index in [1.165, 1.54) is 28.7 Å². The summed E-state index contributed by atoms with van der Waals surface area (Å²) in [6, 6.07) is 8.53. The fourth-order valence-corrected chi connectivity index (χ4v) is 5.23. The molecule has 33 heavy (non-hydrogen) atoms. The lowest BCUT2D eigenvalue weighted by molar-refractivity contribution is 0.0698. The number of nitrogens with zero attached hydrogens (tertiary/aromatic N) is 2. The van der Waals surface area contributed by atoms with Crippen LogP contribution in [-0.2, 0) is 14.8 Å². The monoisotopic (exact) mass is 491 g/mol. The maximum absolute atomic E-state index is 13.5. The fraction of sp³-hybridized carbons (Fsp3) is 0.200. The van der Waals surface area contributed by atoms with E-state index in [0.29, 0.717) is 15.9 Å². The van der Waals surface area contributed by atoms with Gasteiger partial charge in [0.1, 0.15) is 4.90 Å². The molecule has 0 amide bonds. The third kappa shape index (κ3) is 4.67. The van der Waals surface area contributed by atoms with Gasteiger partial charge in [0.05, 0.1) is 35.7 Å². The molecule has 0 spiro atoms. The predicted octanol–water partition coefficient (Wildman–Crippen LogP) is 1.03. The van der Waals surface area contributed by atoms with Gasteiger partial charge in [-0.1, -0.05) is 17.7 Å². The number of hydrogen-bond acceptors (Lipinski definition) is 8. The first kappa shape index (κ1) is 23.4. The van der Waals surface area contributed by atoms with Crippen molar-refractivity contribution < 1.29 is 33.1 Å². The second-order valence-corrected chi connectivity index (χ2v) is 9.63. The molecule has 0 radical (unpaired) electrons. The number of morpholine rings is 1. The van der Waals surface area contributed by atoms with Gasteiger partial charge in [0.25, 0.3) is 0 Å². The molecular weight excluding hydrogens is 473 g/mol. The molecule has 1 aliphatic rings. The number of hydrogen-bond donors (Lipinski definition) is 4. The number of halogens is 1. The highest BCUT2D eigenvalue weighted by molar-refractivity contribution is 7.89. The Morgan fingerprint density at radius 2 is 1.88 bits per heavy atom. The number of pyridine rings is 1. The number of nitrogens with one attached hydrogen (secondary N) is 1. The first-order valence-corrected chi connectivity index (χ1v) is 11.7. The molecule has 4 N–H and O–H groups in total. The van der Waals surface area contributed by atoms with E-state index in [1.54, 1.807) is 12.1 Å². The highest BCUT2D eigenvalue weighted by atomic mass is 35.5. The van der Waals surface area contributed by atoms with Crippen molar-refractivity contribution in [3.63, 3.8) is 0 Å². The first-order valence-electron chi connectivity index (χ1n) is 9.85. The Kier molecular flexibility index (Phi) is 6.57. The molecule has 172 valence electrons. The summed E-state index contributed by atoms with van der Waals surface area (Å²) in [5.41, 5.74) is 0.303. The van der Waals surface area contributed by atoms with Crippen molar-refractivity contribution in [1.82, 2.24) is 9.29 Å². The van der Waals surface area contributed by atoms with Crippen LogP contribution in [0.4, 0.5) is 11.4 Å². The van der Waals surface area contributed by atoms with Crippen molar-refractivity contribution in [2.45, 2.75) is 4.90 Å². The quantitative estimate of drug-likeness (QED) is 0.371. The van der Waals surface area contributed by atoms with E-state index >= 15 is 0 Å². The lowest BCUT2D eigenvalue weighted by Crippen LogP contribution is -2.40. The average Bonchev–Trinajstić information content (AvgIpc) is 2.79. The Morgan fingerprint density at radius 1 is 1.15 bits per heavy atom. The zero-order chi connectivity index (χ0) is 23.8. The summed E-state index contributed by atoms with van der Waals surface area (Å²) in [4.78, 5) is 16.0. The number of aromatic nitrogens is 1. The SMILES string of the molecule is O=C(O)c1cc(B(O)O)ccc1Nc1c(S(=O)(=O)N2CCOCC2)cnc2ccc(Cl)cc12. The molecule has 0 aliphatic carbocycles. The normalized spacial score (nSPS) is 14.9. The molecule has 1 fully saturated rings. The Hall–Kier alpha value is -2.74. The molecule has 0 bridgehead atoms. The number of fused-ring (bicyclic) bond motifs is 1. The Morgan fingerprint density at radius 3 is 2.55 bits per heavy atom. The van der Waals surface area contributed by atoms with Crippen molar-refractivity contribution in [2.75, 3.05) is 31.6 Å². The van der Waals surface area contributed by atoms with Crippen molar-refractivity contribution in [3.8, 4) is 0 Å². The van der Waals surface area contributed by atoms with Gasteiger partial charge in [0, 0.05) is 29.7 Å². The number of ether oxygens (including phenoxy) is 1. The Bertz CT molecular complexity index is 1330. The molecule has 10 nitrogen and oxygen atoms in total. The Labute approximate surface area is 194 Å². The van der Waals surface area contributed by atoms with Crippen molar-refractivity contribution >= 4 is 62.5 Å². The highest BCUT2D eigenvalue weighted by Gasteiger charge is 2.31. The molecule has 0 atom stereocenters. The van der Waals surface area contributed by atoms with Crippen LogP contribution in [0.3, 0.4) is 0 Å². The molecule has 3 aromatic rings. The number of anilines is 2. The van der Waals surface area contributed by atoms with Crippen LogP contribution in [0.5, 0.6) is 0 Å². The van der Waals surface area contributed by atoms with Gasteiger partial charge in [-0.3, -0.25) is 4.98 Å². The zero-order valence-corrected chi connectivity index (χ0v) is 18.7. The van der Waals surface area contributed by atoms with Gasteiger partial charge in [0.15, 0.2) is 0 Å². The van der Waals surface area contributed by atoms with Crippen LogP contribution in [0.2, 0.25) is 5.02 Å². The predicted molar refractivity (Wildman–Crippen MR) is 123 cm³/mol. The summed E-state index contributed by atoms with van der Waals surface area (Å²) in [7, 11) is -5.88. The fourth-order valence-electron chi connectivity index (χ4n) is 3.54. The number of carboxylic acid groups (broad SMARTS) is 1. The molecule has 0 unspecified atom stereocenters. The molecule has 1 saturated heterocycles. The van der Waals surface area contributed by atoms with Crippen LogP contribution in [0.25, 0.3) is 10.9 Å². The number of sulfonamides is 1. The topological polar surface area (TPSA) is 149 Å². The number of rotatable bonds is 6. The summed E-state index contributed by atoms with van der Waals surface area (Å²) in [5.74, 6) is -1.34. The minimum atomic E-state index is -4.01. The van der Waals surface area contributed by atoms with E-state index in [0.717, 1.165) is 6.07 Å². The first-order chi connectivity index (χ1) is 15.7. The number of carbonyl (C=O) groups is 1. The lowest BCUT2D eigenvalue weighted by Gasteiger charge is -2.27. The van der Waals surface area contributed by atoms with Gasteiger partial charge in [-0.25, -0.2) is 13.2 Å². The third-order valence-electron chi connectivity index (χ3n) is 5.21. The molecule has 13 heteroatoms. The maximum atomic E-state index is 13.5. The minimum absolute atomic E-state index is 0.0262. The van der Waals surface area contributed by atoms with Crippen LogP contribution in [0.15, 0.2) is 47.5 Å². The van der Waals surface area contributed by atoms with Crippen LogP contribution in [-0.4, -0.2) is 72.3 Å². The van der Waals surface area contributed by atoms with Crippen LogP contribution < -0.4 is 10.8 Å². The molecule has 2 heterocycles. The largest absolute Gasteiger partial charge is 0.488 e. The maximum Gasteiger partial charge on any atom is 0.488 e. The summed E-state index contributed by atoms with van der Waals surface area (Å²) in [6.07, 6.45) is 1.22. The van der Waals surface area contributed by atoms with Gasteiger partial charge in [0.2, 0.25) is 10.0 Å². The molecule has 0 saturated carbocycles. The van der Waals surface area contributed by atoms with Crippen molar-refractivity contribution in [2.24, 2.45) is 0 Å². The van der Waals surface area contributed by atoms with Gasteiger partial charge >= 0.3 is 13.1 Å². The minimum Gasteiger partial charge on any atom is -0.478 e. The van der Waals surface area contributed by atoms with Gasteiger partial charge < -0.3 is 25.2 Å². The van der Waals surface area contributed by atoms with Gasteiger partial charge in [-0.15, -0.1) is 0 Å². The van der Waals surface area contributed by atoms with Crippen LogP contribution in [0.1, 0.15) is 10.4 Å². The molecule has 4 rings (SSSR count). The number of carboxylic acids is 1. The second-order valence-electron chi connectivity index (χ2n) is 7.28. The van der Waals surface area contributed by atoms with Gasteiger partial charge in [-0.2, -0.15) is 4.31 Å². The molecule has 1 aromatic heterocycles. The molecular formula is C20H19BClN3O7S. The van der Waals surface area contributed by atoms with E-state index < -0.39 is 23.1 Å². The smallest absolute Gasteiger partial charge is 0.478 e. The molecule has 1 aliphatic heterocycles. The van der Waals surface area contributed by atoms with E-state index in [2.05, 4.69) is 10.3 Å². The van der Waals surface area contributed by atoms with Crippen LogP contribution in [0, 0.1) is 0 Å². The zero-order valence-electron chi connectivity index (χ0n) is 17.1. The van der Waals surface area contributed by atoms with Gasteiger partial charge in [-0.05, 0) is 35.8 Å². The Balaban J connectivity index is 1.92. The van der Waals surface area contributed by atoms with E-state index in [9.17, 15) is 28.4 Å². The standard InChI is InChI=1S/C20H19BClN3O7S/c22-13-2-4-16-14(10-13)19(18(11-23-16)33(30,31)25-5-7-32-8-6-25)24-17-3-1-12(21(28)29)9-15(17)20(26)27/h1-4,9-11,28-29H,5-8H2,(H,23,24)(H,26,27). The lowest BCUT2D eigenvalue weighted by atomic mass is 9.79. The third-order valence-corrected chi connectivity index (χ3v) is 7.36. The molecule has 2 aromatic carbocycles. The van der Waals surface area contributed by atoms with Crippen molar-refractivity contribution in [3.05, 3.63) is 53.2 Å².